The summed E-state index contributed by atoms with van der Waals surface area (Å²) < 4.78 is 11.3. The quantitative estimate of drug-likeness (QED) is 0.811. The average Bonchev–Trinajstić information content (AvgIpc) is 3.08. The van der Waals surface area contributed by atoms with Crippen molar-refractivity contribution in [3.05, 3.63) is 60.1 Å². The predicted molar refractivity (Wildman–Crippen MR) is 88.1 cm³/mol. The third kappa shape index (κ3) is 2.91. The van der Waals surface area contributed by atoms with E-state index in [-0.39, 0.29) is 11.7 Å². The van der Waals surface area contributed by atoms with Crippen molar-refractivity contribution in [2.45, 2.75) is 31.9 Å². The first-order valence-corrected chi connectivity index (χ1v) is 8.05. The Kier molecular flexibility index (Phi) is 4.26. The van der Waals surface area contributed by atoms with E-state index in [2.05, 4.69) is 25.8 Å². The van der Waals surface area contributed by atoms with E-state index in [0.29, 0.717) is 6.04 Å². The highest BCUT2D eigenvalue weighted by Gasteiger charge is 2.47. The van der Waals surface area contributed by atoms with Crippen molar-refractivity contribution in [2.75, 3.05) is 13.6 Å². The first kappa shape index (κ1) is 15.8. The molecule has 0 N–H and O–H groups in total. The van der Waals surface area contributed by atoms with Gasteiger partial charge in [0.2, 0.25) is 5.76 Å². The topological polar surface area (TPSA) is 42.7 Å². The molecule has 4 heteroatoms. The van der Waals surface area contributed by atoms with Gasteiger partial charge in [-0.3, -0.25) is 0 Å². The Morgan fingerprint density at radius 1 is 1.22 bits per heavy atom. The molecule has 2 heterocycles. The summed E-state index contributed by atoms with van der Waals surface area (Å²) in [6.07, 6.45) is 2.26. The molecule has 1 aliphatic rings. The molecular formula is C19H23NO3. The summed E-state index contributed by atoms with van der Waals surface area (Å²) in [5.41, 5.74) is 0.421. The Morgan fingerprint density at radius 3 is 2.61 bits per heavy atom. The lowest BCUT2D eigenvalue weighted by atomic mass is 9.74. The van der Waals surface area contributed by atoms with E-state index in [1.165, 1.54) is 6.26 Å². The molecule has 1 saturated heterocycles. The van der Waals surface area contributed by atoms with Gasteiger partial charge in [0.15, 0.2) is 0 Å². The molecule has 0 amide bonds. The van der Waals surface area contributed by atoms with Crippen LogP contribution in [-0.2, 0) is 10.3 Å². The van der Waals surface area contributed by atoms with Gasteiger partial charge in [-0.25, -0.2) is 4.79 Å². The lowest BCUT2D eigenvalue weighted by Gasteiger charge is -2.48. The summed E-state index contributed by atoms with van der Waals surface area (Å²) in [6, 6.07) is 13.7. The van der Waals surface area contributed by atoms with Crippen LogP contribution in [0.1, 0.15) is 36.4 Å². The fourth-order valence-corrected chi connectivity index (χ4v) is 3.49. The first-order valence-electron chi connectivity index (χ1n) is 8.05. The van der Waals surface area contributed by atoms with E-state index in [1.54, 1.807) is 12.1 Å². The zero-order chi connectivity index (χ0) is 16.4. The number of hydrogen-bond donors (Lipinski definition) is 0. The molecule has 0 aliphatic carbocycles. The highest BCUT2D eigenvalue weighted by molar-refractivity contribution is 5.86. The molecule has 2 aromatic rings. The van der Waals surface area contributed by atoms with Crippen LogP contribution in [0.2, 0.25) is 0 Å². The van der Waals surface area contributed by atoms with Crippen molar-refractivity contribution in [1.29, 1.82) is 0 Å². The molecule has 1 fully saturated rings. The molecule has 0 radical (unpaired) electrons. The van der Waals surface area contributed by atoms with Crippen LogP contribution < -0.4 is 0 Å². The van der Waals surface area contributed by atoms with Gasteiger partial charge < -0.3 is 14.1 Å². The molecule has 1 aliphatic heterocycles. The number of nitrogens with zero attached hydrogens (tertiary/aromatic N) is 1. The number of piperidine rings is 1. The number of esters is 1. The number of carbonyl (C=O) groups excluding carboxylic acids is 1. The monoisotopic (exact) mass is 313 g/mol. The lowest BCUT2D eigenvalue weighted by molar-refractivity contribution is -0.100. The van der Waals surface area contributed by atoms with Gasteiger partial charge in [-0.1, -0.05) is 37.3 Å². The minimum Gasteiger partial charge on any atom is -0.457 e. The maximum Gasteiger partial charge on any atom is 0.375 e. The standard InChI is InChI=1S/C19H23NO3/c1-14-13-20(3)15(2)12-19(14,16-8-5-4-6-9-16)23-18(21)17-10-7-11-22-17/h4-11,14-15H,12-13H2,1-3H3/t14-,15+,19+/m0/s1. The minimum absolute atomic E-state index is 0.185. The van der Waals surface area contributed by atoms with Crippen molar-refractivity contribution in [2.24, 2.45) is 5.92 Å². The zero-order valence-corrected chi connectivity index (χ0v) is 13.9. The van der Waals surface area contributed by atoms with Gasteiger partial charge in [-0.15, -0.1) is 0 Å². The predicted octanol–water partition coefficient (Wildman–Crippen LogP) is 3.69. The van der Waals surface area contributed by atoms with Crippen molar-refractivity contribution < 1.29 is 13.9 Å². The number of ether oxygens (including phenoxy) is 1. The van der Waals surface area contributed by atoms with Crippen LogP contribution in [0.3, 0.4) is 0 Å². The molecule has 0 unspecified atom stereocenters. The Labute approximate surface area is 137 Å². The number of rotatable bonds is 3. The van der Waals surface area contributed by atoms with E-state index in [9.17, 15) is 4.79 Å². The molecule has 0 spiro atoms. The second-order valence-corrected chi connectivity index (χ2v) is 6.52. The zero-order valence-electron chi connectivity index (χ0n) is 13.9. The molecule has 1 aromatic carbocycles. The maximum atomic E-state index is 12.6. The number of carbonyl (C=O) groups is 1. The number of benzene rings is 1. The highest BCUT2D eigenvalue weighted by Crippen LogP contribution is 2.43. The number of likely N-dealkylation sites (tertiary alicyclic amines) is 1. The molecule has 1 aromatic heterocycles. The molecule has 4 nitrogen and oxygen atoms in total. The summed E-state index contributed by atoms with van der Waals surface area (Å²) in [7, 11) is 2.12. The van der Waals surface area contributed by atoms with Gasteiger partial charge in [-0.2, -0.15) is 0 Å². The van der Waals surface area contributed by atoms with Gasteiger partial charge >= 0.3 is 5.97 Å². The summed E-state index contributed by atoms with van der Waals surface area (Å²) in [4.78, 5) is 14.9. The second kappa shape index (κ2) is 6.20. The van der Waals surface area contributed by atoms with Crippen LogP contribution in [0.25, 0.3) is 0 Å². The third-order valence-electron chi connectivity index (χ3n) is 4.97. The maximum absolute atomic E-state index is 12.6. The molecule has 3 rings (SSSR count). The number of furan rings is 1. The summed E-state index contributed by atoms with van der Waals surface area (Å²) in [6.45, 7) is 5.19. The molecule has 0 bridgehead atoms. The normalized spacial score (nSPS) is 28.5. The minimum atomic E-state index is -0.628. The van der Waals surface area contributed by atoms with Gasteiger partial charge in [0.1, 0.15) is 5.60 Å². The third-order valence-corrected chi connectivity index (χ3v) is 4.97. The Morgan fingerprint density at radius 2 is 1.96 bits per heavy atom. The van der Waals surface area contributed by atoms with E-state index < -0.39 is 11.6 Å². The Balaban J connectivity index is 1.98. The van der Waals surface area contributed by atoms with E-state index >= 15 is 0 Å². The average molecular weight is 313 g/mol. The lowest BCUT2D eigenvalue weighted by Crippen LogP contribution is -2.53. The van der Waals surface area contributed by atoms with Crippen molar-refractivity contribution in [3.8, 4) is 0 Å². The van der Waals surface area contributed by atoms with Crippen molar-refractivity contribution >= 4 is 5.97 Å². The van der Waals surface area contributed by atoms with Crippen LogP contribution in [-0.4, -0.2) is 30.5 Å². The van der Waals surface area contributed by atoms with Gasteiger partial charge in [0, 0.05) is 24.9 Å². The first-order chi connectivity index (χ1) is 11.0. The smallest absolute Gasteiger partial charge is 0.375 e. The SMILES string of the molecule is C[C@@H]1C[C@](OC(=O)c2ccco2)(c2ccccc2)[C@@H](C)CN1C. The van der Waals surface area contributed by atoms with Gasteiger partial charge in [0.05, 0.1) is 6.26 Å². The Bertz CT molecular complexity index is 653. The fraction of sp³-hybridized carbons (Fsp3) is 0.421. The molecule has 23 heavy (non-hydrogen) atoms. The van der Waals surface area contributed by atoms with Crippen LogP contribution in [0.15, 0.2) is 53.1 Å². The molecule has 122 valence electrons. The largest absolute Gasteiger partial charge is 0.457 e. The molecule has 3 atom stereocenters. The van der Waals surface area contributed by atoms with Gasteiger partial charge in [-0.05, 0) is 31.7 Å². The summed E-state index contributed by atoms with van der Waals surface area (Å²) >= 11 is 0. The van der Waals surface area contributed by atoms with Crippen LogP contribution >= 0.6 is 0 Å². The molecule has 0 saturated carbocycles. The van der Waals surface area contributed by atoms with Crippen molar-refractivity contribution in [3.63, 3.8) is 0 Å². The van der Waals surface area contributed by atoms with E-state index in [4.69, 9.17) is 9.15 Å². The Hall–Kier alpha value is -2.07. The summed E-state index contributed by atoms with van der Waals surface area (Å²) in [5.74, 6) is 0.0338. The molecular weight excluding hydrogens is 290 g/mol. The van der Waals surface area contributed by atoms with Crippen LogP contribution in [0.4, 0.5) is 0 Å². The highest BCUT2D eigenvalue weighted by atomic mass is 16.6. The van der Waals surface area contributed by atoms with Gasteiger partial charge in [0.25, 0.3) is 0 Å². The van der Waals surface area contributed by atoms with Crippen molar-refractivity contribution in [1.82, 2.24) is 4.90 Å². The van der Waals surface area contributed by atoms with E-state index in [0.717, 1.165) is 18.5 Å². The fourth-order valence-electron chi connectivity index (χ4n) is 3.49. The van der Waals surface area contributed by atoms with E-state index in [1.807, 2.05) is 30.3 Å². The van der Waals surface area contributed by atoms with Crippen LogP contribution in [0.5, 0.6) is 0 Å². The number of hydrogen-bond acceptors (Lipinski definition) is 4. The second-order valence-electron chi connectivity index (χ2n) is 6.52. The summed E-state index contributed by atoms with van der Waals surface area (Å²) in [5, 5.41) is 0. The van der Waals surface area contributed by atoms with Crippen LogP contribution in [0, 0.1) is 5.92 Å².